The van der Waals surface area contributed by atoms with Gasteiger partial charge in [-0.25, -0.2) is 4.98 Å². The van der Waals surface area contributed by atoms with Gasteiger partial charge in [-0.05, 0) is 54.5 Å². The summed E-state index contributed by atoms with van der Waals surface area (Å²) in [6, 6.07) is 25.3. The molecule has 1 atom stereocenters. The largest absolute Gasteiger partial charge is 0.321 e. The second-order valence-corrected chi connectivity index (χ2v) is 12.1. The molecule has 0 bridgehead atoms. The first-order valence-electron chi connectivity index (χ1n) is 14.4. The number of nitrogens with zero attached hydrogens (tertiary/aromatic N) is 3. The summed E-state index contributed by atoms with van der Waals surface area (Å²) < 4.78 is 0. The zero-order valence-corrected chi connectivity index (χ0v) is 26.6. The zero-order valence-electron chi connectivity index (χ0n) is 25.0. The van der Waals surface area contributed by atoms with Crippen molar-refractivity contribution in [2.45, 2.75) is 23.5 Å². The van der Waals surface area contributed by atoms with Gasteiger partial charge in [0.2, 0.25) is 5.91 Å². The van der Waals surface area contributed by atoms with Gasteiger partial charge in [-0.15, -0.1) is 23.1 Å². The van der Waals surface area contributed by atoms with Crippen LogP contribution in [-0.4, -0.2) is 37.9 Å². The van der Waals surface area contributed by atoms with Crippen LogP contribution in [0.15, 0.2) is 119 Å². The van der Waals surface area contributed by atoms with Crippen molar-refractivity contribution in [2.24, 2.45) is 0 Å². The van der Waals surface area contributed by atoms with Crippen molar-refractivity contribution in [3.8, 4) is 11.3 Å². The van der Waals surface area contributed by atoms with Crippen molar-refractivity contribution in [3.05, 3.63) is 136 Å². The summed E-state index contributed by atoms with van der Waals surface area (Å²) in [5, 5.41) is 21.2. The van der Waals surface area contributed by atoms with Crippen LogP contribution in [0, 0.1) is 10.1 Å². The van der Waals surface area contributed by atoms with Crippen LogP contribution in [0.3, 0.4) is 0 Å². The highest BCUT2D eigenvalue weighted by Gasteiger charge is 2.21. The van der Waals surface area contributed by atoms with Gasteiger partial charge in [0.05, 0.1) is 15.9 Å². The predicted molar refractivity (Wildman–Crippen MR) is 184 cm³/mol. The average Bonchev–Trinajstić information content (AvgIpc) is 3.56. The molecular formula is C34H28N6O5S2. The smallest absolute Gasteiger partial charge is 0.272 e. The number of nitrogens with one attached hydrogen (secondary N) is 3. The zero-order chi connectivity index (χ0) is 33.2. The minimum absolute atomic E-state index is 0.0312. The Balaban J connectivity index is 1.26. The van der Waals surface area contributed by atoms with E-state index in [1.807, 2.05) is 13.0 Å². The molecule has 0 aliphatic heterocycles. The van der Waals surface area contributed by atoms with E-state index in [2.05, 4.69) is 25.9 Å². The molecule has 3 aromatic carbocycles. The number of benzene rings is 3. The van der Waals surface area contributed by atoms with Gasteiger partial charge in [0.25, 0.3) is 17.5 Å². The number of amides is 3. The lowest BCUT2D eigenvalue weighted by molar-refractivity contribution is -0.384. The molecule has 0 saturated carbocycles. The quantitative estimate of drug-likeness (QED) is 0.0555. The number of non-ortho nitro benzene ring substituents is 1. The Morgan fingerprint density at radius 2 is 1.79 bits per heavy atom. The Kier molecular flexibility index (Phi) is 10.8. The van der Waals surface area contributed by atoms with Crippen LogP contribution < -0.4 is 16.0 Å². The van der Waals surface area contributed by atoms with Gasteiger partial charge in [-0.1, -0.05) is 49.4 Å². The first-order valence-corrected chi connectivity index (χ1v) is 16.1. The summed E-state index contributed by atoms with van der Waals surface area (Å²) in [4.78, 5) is 59.5. The molecule has 3 N–H and O–H groups in total. The van der Waals surface area contributed by atoms with Crippen LogP contribution in [0.2, 0.25) is 0 Å². The van der Waals surface area contributed by atoms with Crippen LogP contribution in [0.5, 0.6) is 0 Å². The van der Waals surface area contributed by atoms with Crippen LogP contribution in [-0.2, 0) is 9.59 Å². The van der Waals surface area contributed by atoms with E-state index in [0.29, 0.717) is 39.6 Å². The maximum absolute atomic E-state index is 13.4. The number of hydrogen-bond acceptors (Lipinski definition) is 9. The molecule has 0 aliphatic rings. The number of aromatic nitrogens is 2. The van der Waals surface area contributed by atoms with Crippen molar-refractivity contribution in [1.82, 2.24) is 15.3 Å². The van der Waals surface area contributed by atoms with E-state index in [9.17, 15) is 24.5 Å². The van der Waals surface area contributed by atoms with Gasteiger partial charge >= 0.3 is 0 Å². The van der Waals surface area contributed by atoms with Gasteiger partial charge in [-0.3, -0.25) is 29.5 Å². The number of thioether (sulfide) groups is 1. The molecule has 47 heavy (non-hydrogen) atoms. The molecule has 0 saturated heterocycles. The molecule has 0 spiro atoms. The van der Waals surface area contributed by atoms with Gasteiger partial charge < -0.3 is 16.0 Å². The SMILES string of the molecule is CCC(Sc1cccc(NC(=O)/C(=C/c2cccnc2)NC(=O)c2ccccc2)c1)C(=O)Nc1nc(-c2cccc([N+](=O)[O-])c2)cs1. The molecule has 13 heteroatoms. The number of anilines is 2. The van der Waals surface area contributed by atoms with Gasteiger partial charge in [0.1, 0.15) is 5.70 Å². The molecule has 11 nitrogen and oxygen atoms in total. The van der Waals surface area contributed by atoms with Crippen molar-refractivity contribution < 1.29 is 19.3 Å². The van der Waals surface area contributed by atoms with E-state index in [1.165, 1.54) is 35.2 Å². The third-order valence-corrected chi connectivity index (χ3v) is 8.76. The van der Waals surface area contributed by atoms with Gasteiger partial charge in [0.15, 0.2) is 5.13 Å². The van der Waals surface area contributed by atoms with E-state index < -0.39 is 22.0 Å². The summed E-state index contributed by atoms with van der Waals surface area (Å²) >= 11 is 2.56. The number of nitro groups is 1. The second kappa shape index (κ2) is 15.6. The molecule has 2 heterocycles. The van der Waals surface area contributed by atoms with Gasteiger partial charge in [0, 0.05) is 51.6 Å². The fourth-order valence-electron chi connectivity index (χ4n) is 4.33. The third kappa shape index (κ3) is 8.96. The monoisotopic (exact) mass is 664 g/mol. The third-order valence-electron chi connectivity index (χ3n) is 6.64. The number of pyridine rings is 1. The highest BCUT2D eigenvalue weighted by Crippen LogP contribution is 2.31. The Morgan fingerprint density at radius 1 is 0.979 bits per heavy atom. The maximum atomic E-state index is 13.4. The Labute approximate surface area is 278 Å². The lowest BCUT2D eigenvalue weighted by Gasteiger charge is -2.15. The molecule has 0 radical (unpaired) electrons. The van der Waals surface area contributed by atoms with Gasteiger partial charge in [-0.2, -0.15) is 0 Å². The Bertz CT molecular complexity index is 1930. The van der Waals surface area contributed by atoms with Crippen LogP contribution in [0.1, 0.15) is 29.3 Å². The average molecular weight is 665 g/mol. The fraction of sp³-hybridized carbons (Fsp3) is 0.0882. The highest BCUT2D eigenvalue weighted by molar-refractivity contribution is 8.00. The fourth-order valence-corrected chi connectivity index (χ4v) is 6.07. The molecule has 3 amide bonds. The summed E-state index contributed by atoms with van der Waals surface area (Å²) in [6.45, 7) is 1.89. The second-order valence-electron chi connectivity index (χ2n) is 10.00. The number of carbonyl (C=O) groups excluding carboxylic acids is 3. The van der Waals surface area contributed by atoms with Crippen molar-refractivity contribution >= 4 is 63.4 Å². The maximum Gasteiger partial charge on any atom is 0.272 e. The van der Waals surface area contributed by atoms with E-state index >= 15 is 0 Å². The summed E-state index contributed by atoms with van der Waals surface area (Å²) in [5.74, 6) is -1.22. The Hall–Kier alpha value is -5.66. The minimum Gasteiger partial charge on any atom is -0.321 e. The molecule has 0 fully saturated rings. The summed E-state index contributed by atoms with van der Waals surface area (Å²) in [7, 11) is 0. The van der Waals surface area contributed by atoms with Crippen LogP contribution in [0.4, 0.5) is 16.5 Å². The molecular weight excluding hydrogens is 637 g/mol. The number of rotatable bonds is 12. The number of nitro benzene ring substituents is 1. The first-order chi connectivity index (χ1) is 22.8. The number of thiazole rings is 1. The lowest BCUT2D eigenvalue weighted by atomic mass is 10.1. The van der Waals surface area contributed by atoms with E-state index in [0.717, 1.165) is 4.90 Å². The summed E-state index contributed by atoms with van der Waals surface area (Å²) in [5.41, 5.74) is 2.60. The summed E-state index contributed by atoms with van der Waals surface area (Å²) in [6.07, 6.45) is 5.25. The molecule has 5 aromatic rings. The molecule has 1 unspecified atom stereocenters. The topological polar surface area (TPSA) is 156 Å². The number of hydrogen-bond donors (Lipinski definition) is 3. The Morgan fingerprint density at radius 3 is 2.53 bits per heavy atom. The molecule has 0 aliphatic carbocycles. The molecule has 236 valence electrons. The van der Waals surface area contributed by atoms with Crippen molar-refractivity contribution in [2.75, 3.05) is 10.6 Å². The minimum atomic E-state index is -0.534. The van der Waals surface area contributed by atoms with Crippen molar-refractivity contribution in [3.63, 3.8) is 0 Å². The standard InChI is InChI=1S/C34H28N6O5S2/c1-2-30(33(43)39-34-38-29(21-46-34)24-12-6-14-26(18-24)40(44)45)47-27-15-7-13-25(19-27)36-32(42)28(17-22-9-8-16-35-20-22)37-31(41)23-10-4-3-5-11-23/h3-21,30H,2H2,1H3,(H,36,42)(H,37,41)(H,38,39,43)/b28-17-. The van der Waals surface area contributed by atoms with E-state index in [-0.39, 0.29) is 17.3 Å². The molecule has 2 aromatic heterocycles. The van der Waals surface area contributed by atoms with Crippen LogP contribution >= 0.6 is 23.1 Å². The highest BCUT2D eigenvalue weighted by atomic mass is 32.2. The normalized spacial score (nSPS) is 11.7. The van der Waals surface area contributed by atoms with Crippen molar-refractivity contribution in [1.29, 1.82) is 0 Å². The lowest BCUT2D eigenvalue weighted by Crippen LogP contribution is -2.30. The predicted octanol–water partition coefficient (Wildman–Crippen LogP) is 7.03. The van der Waals surface area contributed by atoms with E-state index in [1.54, 1.807) is 96.6 Å². The number of carbonyl (C=O) groups is 3. The first kappa shape index (κ1) is 32.7. The van der Waals surface area contributed by atoms with Crippen LogP contribution in [0.25, 0.3) is 17.3 Å². The molecule has 5 rings (SSSR count). The van der Waals surface area contributed by atoms with E-state index in [4.69, 9.17) is 0 Å².